The number of thiazole rings is 1. The number of hydrogen-bond acceptors (Lipinski definition) is 7. The average molecular weight is 444 g/mol. The Morgan fingerprint density at radius 2 is 2.20 bits per heavy atom. The highest BCUT2D eigenvalue weighted by Crippen LogP contribution is 2.34. The number of thiophene rings is 1. The number of aryl methyl sites for hydroxylation is 1. The first-order valence-electron chi connectivity index (χ1n) is 10.0. The number of methoxy groups -OCH3 is 1. The van der Waals surface area contributed by atoms with Crippen LogP contribution in [0.4, 0.5) is 0 Å². The van der Waals surface area contributed by atoms with Crippen LogP contribution in [0.15, 0.2) is 35.7 Å². The minimum absolute atomic E-state index is 0.0175. The zero-order valence-electron chi connectivity index (χ0n) is 17.3. The van der Waals surface area contributed by atoms with Crippen molar-refractivity contribution < 1.29 is 14.3 Å². The largest absolute Gasteiger partial charge is 0.493 e. The molecule has 1 amide bonds. The van der Waals surface area contributed by atoms with Crippen molar-refractivity contribution in [3.05, 3.63) is 51.8 Å². The van der Waals surface area contributed by atoms with Gasteiger partial charge in [0.2, 0.25) is 0 Å². The van der Waals surface area contributed by atoms with E-state index in [1.807, 2.05) is 49.6 Å². The molecule has 1 atom stereocenters. The Bertz CT molecular complexity index is 1020. The van der Waals surface area contributed by atoms with Gasteiger partial charge in [-0.1, -0.05) is 12.1 Å². The van der Waals surface area contributed by atoms with Crippen LogP contribution in [0.25, 0.3) is 9.88 Å². The molecule has 0 aliphatic carbocycles. The van der Waals surface area contributed by atoms with E-state index in [4.69, 9.17) is 9.47 Å². The Hall–Kier alpha value is -2.42. The first-order chi connectivity index (χ1) is 14.6. The maximum absolute atomic E-state index is 13.2. The third kappa shape index (κ3) is 4.21. The molecular formula is C22H25N3O3S2. The molecule has 0 saturated carbocycles. The van der Waals surface area contributed by atoms with Crippen LogP contribution in [-0.2, 0) is 0 Å². The summed E-state index contributed by atoms with van der Waals surface area (Å²) in [5.41, 5.74) is 5.27. The van der Waals surface area contributed by atoms with Gasteiger partial charge in [-0.25, -0.2) is 10.4 Å². The Morgan fingerprint density at radius 3 is 2.93 bits per heavy atom. The molecular weight excluding hydrogens is 418 g/mol. The first kappa shape index (κ1) is 20.8. The van der Waals surface area contributed by atoms with Gasteiger partial charge in [-0.15, -0.1) is 22.7 Å². The van der Waals surface area contributed by atoms with E-state index in [0.717, 1.165) is 39.7 Å². The van der Waals surface area contributed by atoms with Gasteiger partial charge >= 0.3 is 0 Å². The van der Waals surface area contributed by atoms with E-state index in [-0.39, 0.29) is 11.9 Å². The number of aromatic nitrogens is 1. The average Bonchev–Trinajstić information content (AvgIpc) is 3.43. The summed E-state index contributed by atoms with van der Waals surface area (Å²) in [7, 11) is 1.64. The van der Waals surface area contributed by atoms with Gasteiger partial charge in [-0.3, -0.25) is 9.80 Å². The maximum Gasteiger partial charge on any atom is 0.279 e. The van der Waals surface area contributed by atoms with Crippen molar-refractivity contribution in [3.63, 3.8) is 0 Å². The number of hydrogen-bond donors (Lipinski definition) is 1. The smallest absolute Gasteiger partial charge is 0.279 e. The van der Waals surface area contributed by atoms with Crippen molar-refractivity contribution in [1.82, 2.24) is 15.4 Å². The Kier molecular flexibility index (Phi) is 6.36. The number of benzene rings is 1. The summed E-state index contributed by atoms with van der Waals surface area (Å²) in [6.07, 6.45) is 1.87. The fraction of sp³-hybridized carbons (Fsp3) is 0.364. The van der Waals surface area contributed by atoms with Gasteiger partial charge in [0.15, 0.2) is 11.5 Å². The molecule has 1 unspecified atom stereocenters. The van der Waals surface area contributed by atoms with Crippen molar-refractivity contribution in [3.8, 4) is 21.4 Å². The number of hydrazine groups is 1. The summed E-state index contributed by atoms with van der Waals surface area (Å²) in [6.45, 7) is 5.10. The van der Waals surface area contributed by atoms with Crippen LogP contribution in [0, 0.1) is 6.92 Å². The van der Waals surface area contributed by atoms with Gasteiger partial charge in [0.05, 0.1) is 30.3 Å². The summed E-state index contributed by atoms with van der Waals surface area (Å²) in [4.78, 5) is 19.6. The van der Waals surface area contributed by atoms with Crippen LogP contribution in [0.2, 0.25) is 0 Å². The Balaban J connectivity index is 1.53. The summed E-state index contributed by atoms with van der Waals surface area (Å²) in [6, 6.07) is 10.0. The molecule has 8 heteroatoms. The number of amides is 1. The second-order valence-electron chi connectivity index (χ2n) is 7.03. The lowest BCUT2D eigenvalue weighted by Crippen LogP contribution is -2.48. The van der Waals surface area contributed by atoms with Gasteiger partial charge < -0.3 is 9.47 Å². The molecule has 30 heavy (non-hydrogen) atoms. The zero-order valence-corrected chi connectivity index (χ0v) is 18.9. The first-order valence-corrected chi connectivity index (χ1v) is 11.7. The van der Waals surface area contributed by atoms with Crippen LogP contribution >= 0.6 is 22.7 Å². The number of ether oxygens (including phenoxy) is 2. The third-order valence-electron chi connectivity index (χ3n) is 5.04. The molecule has 1 N–H and O–H groups in total. The SMILES string of the molecule is CCOc1cc(C2CCCN(C(=O)c3sc(-c4cccs4)nc3C)N2)ccc1OC. The molecule has 1 fully saturated rings. The number of carbonyl (C=O) groups excluding carboxylic acids is 1. The molecule has 0 bridgehead atoms. The highest BCUT2D eigenvalue weighted by atomic mass is 32.1. The normalized spacial score (nSPS) is 16.5. The topological polar surface area (TPSA) is 63.7 Å². The standard InChI is InChI=1S/C22H25N3O3S2/c1-4-28-18-13-15(9-10-17(18)27-3)16-7-5-11-25(24-16)22(26)20-14(2)23-21(30-20)19-8-6-12-29-19/h6,8-10,12-13,16,24H,4-5,7,11H2,1-3H3. The van der Waals surface area contributed by atoms with Crippen LogP contribution < -0.4 is 14.9 Å². The molecule has 0 spiro atoms. The fourth-order valence-corrected chi connectivity index (χ4v) is 5.39. The van der Waals surface area contributed by atoms with E-state index in [0.29, 0.717) is 23.8 Å². The predicted octanol–water partition coefficient (Wildman–Crippen LogP) is 5.07. The minimum Gasteiger partial charge on any atom is -0.493 e. The third-order valence-corrected chi connectivity index (χ3v) is 7.23. The second kappa shape index (κ2) is 9.16. The molecule has 4 rings (SSSR count). The van der Waals surface area contributed by atoms with Gasteiger partial charge in [0.25, 0.3) is 5.91 Å². The maximum atomic E-state index is 13.2. The second-order valence-corrected chi connectivity index (χ2v) is 8.98. The Labute approximate surface area is 184 Å². The quantitative estimate of drug-likeness (QED) is 0.576. The lowest BCUT2D eigenvalue weighted by atomic mass is 10.00. The molecule has 2 aromatic heterocycles. The van der Waals surface area contributed by atoms with E-state index in [1.165, 1.54) is 11.3 Å². The van der Waals surface area contributed by atoms with Crippen LogP contribution in [0.3, 0.4) is 0 Å². The number of carbonyl (C=O) groups is 1. The molecule has 6 nitrogen and oxygen atoms in total. The molecule has 1 aliphatic rings. The lowest BCUT2D eigenvalue weighted by Gasteiger charge is -2.34. The molecule has 3 aromatic rings. The van der Waals surface area contributed by atoms with Crippen molar-refractivity contribution in [1.29, 1.82) is 0 Å². The predicted molar refractivity (Wildman–Crippen MR) is 120 cm³/mol. The number of nitrogens with zero attached hydrogens (tertiary/aromatic N) is 2. The number of nitrogens with one attached hydrogen (secondary N) is 1. The summed E-state index contributed by atoms with van der Waals surface area (Å²) in [5.74, 6) is 1.42. The number of rotatable bonds is 6. The van der Waals surface area contributed by atoms with E-state index in [1.54, 1.807) is 23.5 Å². The lowest BCUT2D eigenvalue weighted by molar-refractivity contribution is 0.0537. The van der Waals surface area contributed by atoms with Crippen molar-refractivity contribution in [2.75, 3.05) is 20.3 Å². The molecule has 1 saturated heterocycles. The van der Waals surface area contributed by atoms with Crippen molar-refractivity contribution in [2.24, 2.45) is 0 Å². The Morgan fingerprint density at radius 1 is 1.33 bits per heavy atom. The van der Waals surface area contributed by atoms with E-state index in [9.17, 15) is 4.79 Å². The fourth-order valence-electron chi connectivity index (χ4n) is 3.57. The molecule has 3 heterocycles. The highest BCUT2D eigenvalue weighted by Gasteiger charge is 2.28. The van der Waals surface area contributed by atoms with Crippen LogP contribution in [-0.4, -0.2) is 36.2 Å². The van der Waals surface area contributed by atoms with Gasteiger partial charge in [-0.2, -0.15) is 0 Å². The zero-order chi connectivity index (χ0) is 21.1. The summed E-state index contributed by atoms with van der Waals surface area (Å²) >= 11 is 3.10. The highest BCUT2D eigenvalue weighted by molar-refractivity contribution is 7.22. The molecule has 1 aromatic carbocycles. The van der Waals surface area contributed by atoms with Crippen LogP contribution in [0.5, 0.6) is 11.5 Å². The van der Waals surface area contributed by atoms with Crippen molar-refractivity contribution >= 4 is 28.6 Å². The molecule has 158 valence electrons. The van der Waals surface area contributed by atoms with Gasteiger partial charge in [0, 0.05) is 6.54 Å². The van der Waals surface area contributed by atoms with Crippen molar-refractivity contribution in [2.45, 2.75) is 32.7 Å². The van der Waals surface area contributed by atoms with E-state index < -0.39 is 0 Å². The van der Waals surface area contributed by atoms with Gasteiger partial charge in [0.1, 0.15) is 9.88 Å². The monoisotopic (exact) mass is 443 g/mol. The molecule has 0 radical (unpaired) electrons. The summed E-state index contributed by atoms with van der Waals surface area (Å²) < 4.78 is 11.1. The molecule has 1 aliphatic heterocycles. The van der Waals surface area contributed by atoms with E-state index >= 15 is 0 Å². The summed E-state index contributed by atoms with van der Waals surface area (Å²) in [5, 5.41) is 4.66. The van der Waals surface area contributed by atoms with E-state index in [2.05, 4.69) is 10.4 Å². The van der Waals surface area contributed by atoms with Gasteiger partial charge in [-0.05, 0) is 55.8 Å². The van der Waals surface area contributed by atoms with Crippen LogP contribution in [0.1, 0.15) is 46.7 Å². The minimum atomic E-state index is -0.0175.